The van der Waals surface area contributed by atoms with Crippen molar-refractivity contribution < 1.29 is 18.0 Å². The Balaban J connectivity index is 2.22. The predicted molar refractivity (Wildman–Crippen MR) is 79.6 cm³/mol. The number of hydrogen-bond acceptors (Lipinski definition) is 4. The molecular formula is C13H17N3O4S. The fourth-order valence-corrected chi connectivity index (χ4v) is 3.72. The van der Waals surface area contributed by atoms with Gasteiger partial charge in [-0.3, -0.25) is 13.9 Å². The molecule has 0 atom stereocenters. The van der Waals surface area contributed by atoms with Crippen LogP contribution in [0.3, 0.4) is 0 Å². The average molecular weight is 311 g/mol. The van der Waals surface area contributed by atoms with Gasteiger partial charge in [0.25, 0.3) is 0 Å². The van der Waals surface area contributed by atoms with Crippen LogP contribution in [-0.4, -0.2) is 39.6 Å². The van der Waals surface area contributed by atoms with Crippen LogP contribution < -0.4 is 14.9 Å². The Hall–Kier alpha value is -2.09. The summed E-state index contributed by atoms with van der Waals surface area (Å²) >= 11 is 0. The topological polar surface area (TPSA) is 95.6 Å². The lowest BCUT2D eigenvalue weighted by Crippen LogP contribution is -2.33. The number of carbonyl (C=O) groups is 2. The molecule has 2 amide bonds. The van der Waals surface area contributed by atoms with Crippen LogP contribution in [0.25, 0.3) is 0 Å². The molecule has 1 aliphatic heterocycles. The van der Waals surface area contributed by atoms with Gasteiger partial charge in [-0.25, -0.2) is 8.42 Å². The highest BCUT2D eigenvalue weighted by atomic mass is 32.2. The zero-order valence-corrected chi connectivity index (χ0v) is 12.7. The number of likely N-dealkylation sites (N-methyl/N-ethyl adjacent to an activating group) is 1. The number of benzene rings is 1. The number of aryl methyl sites for hydroxylation is 1. The minimum atomic E-state index is -3.23. The molecule has 2 rings (SSSR count). The molecule has 0 aromatic heterocycles. The van der Waals surface area contributed by atoms with E-state index in [0.29, 0.717) is 29.9 Å². The van der Waals surface area contributed by atoms with Gasteiger partial charge >= 0.3 is 11.8 Å². The second-order valence-electron chi connectivity index (χ2n) is 4.77. The van der Waals surface area contributed by atoms with Crippen LogP contribution in [0.5, 0.6) is 0 Å². The monoisotopic (exact) mass is 311 g/mol. The first kappa shape index (κ1) is 15.3. The summed E-state index contributed by atoms with van der Waals surface area (Å²) in [5, 5.41) is 4.71. The van der Waals surface area contributed by atoms with E-state index in [0.717, 1.165) is 0 Å². The molecule has 1 heterocycles. The minimum Gasteiger partial charge on any atom is -0.351 e. The Bertz CT molecular complexity index is 685. The van der Waals surface area contributed by atoms with Gasteiger partial charge in [-0.15, -0.1) is 0 Å². The zero-order valence-electron chi connectivity index (χ0n) is 11.8. The largest absolute Gasteiger partial charge is 0.351 e. The highest BCUT2D eigenvalue weighted by Gasteiger charge is 2.28. The van der Waals surface area contributed by atoms with Gasteiger partial charge in [-0.2, -0.15) is 0 Å². The minimum absolute atomic E-state index is 0.154. The van der Waals surface area contributed by atoms with Crippen molar-refractivity contribution in [2.45, 2.75) is 13.3 Å². The number of rotatable bonds is 2. The van der Waals surface area contributed by atoms with E-state index in [9.17, 15) is 18.0 Å². The SMILES string of the molecule is CNC(=O)C(=O)Nc1ccc(N2CCCS2(=O)=O)cc1C. The van der Waals surface area contributed by atoms with Gasteiger partial charge < -0.3 is 10.6 Å². The number of carbonyl (C=O) groups excluding carboxylic acids is 2. The smallest absolute Gasteiger partial charge is 0.313 e. The second-order valence-corrected chi connectivity index (χ2v) is 6.79. The van der Waals surface area contributed by atoms with Gasteiger partial charge in [-0.05, 0) is 37.1 Å². The molecule has 1 aliphatic rings. The lowest BCUT2D eigenvalue weighted by Gasteiger charge is -2.18. The number of sulfonamides is 1. The number of nitrogens with zero attached hydrogens (tertiary/aromatic N) is 1. The van der Waals surface area contributed by atoms with Crippen molar-refractivity contribution >= 4 is 33.2 Å². The van der Waals surface area contributed by atoms with Crippen LogP contribution in [0.1, 0.15) is 12.0 Å². The van der Waals surface area contributed by atoms with E-state index < -0.39 is 21.8 Å². The third-order valence-electron chi connectivity index (χ3n) is 3.28. The Kier molecular flexibility index (Phi) is 4.17. The molecule has 8 heteroatoms. The Labute approximate surface area is 123 Å². The molecule has 2 N–H and O–H groups in total. The first-order chi connectivity index (χ1) is 9.85. The summed E-state index contributed by atoms with van der Waals surface area (Å²) in [6.07, 6.45) is 0.608. The molecule has 0 aliphatic carbocycles. The summed E-state index contributed by atoms with van der Waals surface area (Å²) in [7, 11) is -1.86. The van der Waals surface area contributed by atoms with E-state index in [1.165, 1.54) is 11.4 Å². The van der Waals surface area contributed by atoms with Crippen LogP contribution >= 0.6 is 0 Å². The van der Waals surface area contributed by atoms with Crippen molar-refractivity contribution in [1.29, 1.82) is 0 Å². The Morgan fingerprint density at radius 3 is 2.48 bits per heavy atom. The van der Waals surface area contributed by atoms with Gasteiger partial charge in [0, 0.05) is 19.3 Å². The maximum Gasteiger partial charge on any atom is 0.313 e. The third kappa shape index (κ3) is 3.15. The van der Waals surface area contributed by atoms with Gasteiger partial charge in [0.05, 0.1) is 11.4 Å². The highest BCUT2D eigenvalue weighted by molar-refractivity contribution is 7.93. The molecule has 1 fully saturated rings. The molecule has 0 radical (unpaired) electrons. The normalized spacial score (nSPS) is 16.6. The van der Waals surface area contributed by atoms with Gasteiger partial charge in [0.15, 0.2) is 0 Å². The third-order valence-corrected chi connectivity index (χ3v) is 5.15. The van der Waals surface area contributed by atoms with E-state index in [1.807, 2.05) is 0 Å². The molecule has 0 spiro atoms. The fraction of sp³-hybridized carbons (Fsp3) is 0.385. The molecular weight excluding hydrogens is 294 g/mol. The van der Waals surface area contributed by atoms with E-state index in [4.69, 9.17) is 0 Å². The van der Waals surface area contributed by atoms with Crippen LogP contribution in [-0.2, 0) is 19.6 Å². The zero-order chi connectivity index (χ0) is 15.6. The molecule has 7 nitrogen and oxygen atoms in total. The van der Waals surface area contributed by atoms with Crippen LogP contribution in [0.15, 0.2) is 18.2 Å². The Morgan fingerprint density at radius 1 is 1.24 bits per heavy atom. The summed E-state index contributed by atoms with van der Waals surface area (Å²) in [6.45, 7) is 2.21. The lowest BCUT2D eigenvalue weighted by molar-refractivity contribution is -0.135. The lowest BCUT2D eigenvalue weighted by atomic mass is 10.1. The number of hydrogen-bond donors (Lipinski definition) is 2. The summed E-state index contributed by atoms with van der Waals surface area (Å²) < 4.78 is 25.1. The molecule has 1 aromatic carbocycles. The summed E-state index contributed by atoms with van der Waals surface area (Å²) in [4.78, 5) is 22.7. The van der Waals surface area contributed by atoms with Gasteiger partial charge in [-0.1, -0.05) is 0 Å². The first-order valence-electron chi connectivity index (χ1n) is 6.49. The summed E-state index contributed by atoms with van der Waals surface area (Å²) in [6, 6.07) is 4.90. The van der Waals surface area contributed by atoms with E-state index in [1.54, 1.807) is 25.1 Å². The maximum absolute atomic E-state index is 11.9. The second kappa shape index (κ2) is 5.72. The molecule has 0 unspecified atom stereocenters. The van der Waals surface area contributed by atoms with Crippen LogP contribution in [0, 0.1) is 6.92 Å². The summed E-state index contributed by atoms with van der Waals surface area (Å²) in [5.41, 5.74) is 1.73. The van der Waals surface area contributed by atoms with E-state index in [-0.39, 0.29) is 5.75 Å². The summed E-state index contributed by atoms with van der Waals surface area (Å²) in [5.74, 6) is -1.34. The fourth-order valence-electron chi connectivity index (χ4n) is 2.17. The standard InChI is InChI=1S/C13H17N3O4S/c1-9-8-10(16-6-3-7-21(16,19)20)4-5-11(9)15-13(18)12(17)14-2/h4-5,8H,3,6-7H2,1-2H3,(H,14,17)(H,15,18). The molecule has 1 aromatic rings. The predicted octanol–water partition coefficient (Wildman–Crippen LogP) is 0.219. The number of amides is 2. The van der Waals surface area contributed by atoms with E-state index >= 15 is 0 Å². The number of nitrogens with one attached hydrogen (secondary N) is 2. The van der Waals surface area contributed by atoms with Crippen LogP contribution in [0.4, 0.5) is 11.4 Å². The highest BCUT2D eigenvalue weighted by Crippen LogP contribution is 2.27. The number of anilines is 2. The Morgan fingerprint density at radius 2 is 1.95 bits per heavy atom. The first-order valence-corrected chi connectivity index (χ1v) is 8.10. The average Bonchev–Trinajstić information content (AvgIpc) is 2.79. The molecule has 1 saturated heterocycles. The van der Waals surface area contributed by atoms with Crippen molar-refractivity contribution in [3.05, 3.63) is 23.8 Å². The molecule has 114 valence electrons. The van der Waals surface area contributed by atoms with E-state index in [2.05, 4.69) is 10.6 Å². The van der Waals surface area contributed by atoms with Crippen molar-refractivity contribution in [1.82, 2.24) is 5.32 Å². The van der Waals surface area contributed by atoms with Gasteiger partial charge in [0.2, 0.25) is 10.0 Å². The molecule has 0 saturated carbocycles. The maximum atomic E-state index is 11.9. The van der Waals surface area contributed by atoms with Crippen molar-refractivity contribution in [2.24, 2.45) is 0 Å². The molecule has 0 bridgehead atoms. The van der Waals surface area contributed by atoms with Gasteiger partial charge in [0.1, 0.15) is 0 Å². The van der Waals surface area contributed by atoms with Crippen LogP contribution in [0.2, 0.25) is 0 Å². The van der Waals surface area contributed by atoms with Crippen molar-refractivity contribution in [3.8, 4) is 0 Å². The quantitative estimate of drug-likeness (QED) is 0.764. The van der Waals surface area contributed by atoms with Crippen molar-refractivity contribution in [3.63, 3.8) is 0 Å². The molecule has 21 heavy (non-hydrogen) atoms. The van der Waals surface area contributed by atoms with Crippen molar-refractivity contribution in [2.75, 3.05) is 29.0 Å².